The maximum absolute atomic E-state index is 12.8. The molecule has 1 aliphatic rings. The van der Waals surface area contributed by atoms with E-state index in [1.807, 2.05) is 4.90 Å². The van der Waals surface area contributed by atoms with E-state index >= 15 is 0 Å². The summed E-state index contributed by atoms with van der Waals surface area (Å²) in [6.45, 7) is 3.12. The predicted molar refractivity (Wildman–Crippen MR) is 103 cm³/mol. The summed E-state index contributed by atoms with van der Waals surface area (Å²) in [5, 5.41) is 11.3. The first-order chi connectivity index (χ1) is 12.7. The molecule has 11 heteroatoms. The van der Waals surface area contributed by atoms with Gasteiger partial charge in [-0.15, -0.1) is 0 Å². The number of benzene rings is 1. The molecule has 2 aromatic rings. The van der Waals surface area contributed by atoms with E-state index < -0.39 is 14.9 Å². The van der Waals surface area contributed by atoms with Gasteiger partial charge in [-0.05, 0) is 30.7 Å². The first kappa shape index (κ1) is 19.8. The molecule has 1 aromatic carbocycles. The Balaban J connectivity index is 1.75. The van der Waals surface area contributed by atoms with Crippen LogP contribution in [0.1, 0.15) is 5.56 Å². The molecule has 27 heavy (non-hydrogen) atoms. The molecule has 3 rings (SSSR count). The highest BCUT2D eigenvalue weighted by atomic mass is 35.5. The number of hydrogen-bond donors (Lipinski definition) is 0. The van der Waals surface area contributed by atoms with E-state index in [0.29, 0.717) is 29.5 Å². The van der Waals surface area contributed by atoms with Gasteiger partial charge in [-0.1, -0.05) is 23.2 Å². The lowest BCUT2D eigenvalue weighted by Crippen LogP contribution is -2.49. The number of halogens is 2. The minimum absolute atomic E-state index is 0.0721. The number of nitro groups is 1. The molecule has 0 unspecified atom stereocenters. The molecule has 0 N–H and O–H groups in total. The highest BCUT2D eigenvalue weighted by molar-refractivity contribution is 7.89. The number of sulfonamides is 1. The SMILES string of the molecule is Cc1cc([N+](=O)[O-])cnc1N1CCN(S(=O)(=O)c2ccc(Cl)c(Cl)c2)CC1. The molecule has 1 aliphatic heterocycles. The smallest absolute Gasteiger partial charge is 0.287 e. The van der Waals surface area contributed by atoms with Gasteiger partial charge in [-0.25, -0.2) is 13.4 Å². The van der Waals surface area contributed by atoms with E-state index in [1.165, 1.54) is 34.8 Å². The first-order valence-corrected chi connectivity index (χ1v) is 10.2. The summed E-state index contributed by atoms with van der Waals surface area (Å²) in [4.78, 5) is 16.5. The van der Waals surface area contributed by atoms with Crippen LogP contribution in [0.2, 0.25) is 10.0 Å². The summed E-state index contributed by atoms with van der Waals surface area (Å²) < 4.78 is 27.0. The minimum Gasteiger partial charge on any atom is -0.354 e. The van der Waals surface area contributed by atoms with E-state index in [-0.39, 0.29) is 28.7 Å². The lowest BCUT2D eigenvalue weighted by atomic mass is 10.2. The summed E-state index contributed by atoms with van der Waals surface area (Å²) in [6, 6.07) is 5.68. The Hall–Kier alpha value is -1.94. The molecule has 0 saturated carbocycles. The maximum Gasteiger partial charge on any atom is 0.287 e. The Morgan fingerprint density at radius 1 is 1.11 bits per heavy atom. The van der Waals surface area contributed by atoms with Crippen molar-refractivity contribution in [2.45, 2.75) is 11.8 Å². The van der Waals surface area contributed by atoms with Crippen LogP contribution in [0, 0.1) is 17.0 Å². The molecule has 0 amide bonds. The zero-order chi connectivity index (χ0) is 19.8. The predicted octanol–water partition coefficient (Wildman–Crippen LogP) is 3.12. The molecular weight excluding hydrogens is 415 g/mol. The number of pyridine rings is 1. The normalized spacial score (nSPS) is 15.7. The van der Waals surface area contributed by atoms with Crippen molar-refractivity contribution in [3.63, 3.8) is 0 Å². The Morgan fingerprint density at radius 3 is 2.33 bits per heavy atom. The summed E-state index contributed by atoms with van der Waals surface area (Å²) in [7, 11) is -3.68. The van der Waals surface area contributed by atoms with Gasteiger partial charge in [-0.3, -0.25) is 10.1 Å². The molecule has 0 atom stereocenters. The molecule has 2 heterocycles. The standard InChI is InChI=1S/C16H16Cl2N4O4S/c1-11-8-12(22(23)24)10-19-16(11)20-4-6-21(7-5-20)27(25,26)13-2-3-14(17)15(18)9-13/h2-3,8-10H,4-7H2,1H3. The Morgan fingerprint density at radius 2 is 1.78 bits per heavy atom. The van der Waals surface area contributed by atoms with Crippen molar-refractivity contribution in [3.8, 4) is 0 Å². The molecule has 1 saturated heterocycles. The van der Waals surface area contributed by atoms with Crippen LogP contribution in [0.15, 0.2) is 35.4 Å². The lowest BCUT2D eigenvalue weighted by molar-refractivity contribution is -0.385. The molecule has 0 aliphatic carbocycles. The number of nitrogens with zero attached hydrogens (tertiary/aromatic N) is 4. The minimum atomic E-state index is -3.68. The fourth-order valence-corrected chi connectivity index (χ4v) is 4.72. The van der Waals surface area contributed by atoms with E-state index in [2.05, 4.69) is 4.98 Å². The molecule has 144 valence electrons. The summed E-state index contributed by atoms with van der Waals surface area (Å²) in [5.41, 5.74) is 0.599. The van der Waals surface area contributed by atoms with Crippen LogP contribution in [-0.4, -0.2) is 48.8 Å². The number of anilines is 1. The topological polar surface area (TPSA) is 96.7 Å². The third kappa shape index (κ3) is 4.01. The van der Waals surface area contributed by atoms with E-state index in [0.717, 1.165) is 0 Å². The average Bonchev–Trinajstić information content (AvgIpc) is 2.64. The molecular formula is C16H16Cl2N4O4S. The van der Waals surface area contributed by atoms with Gasteiger partial charge in [0.15, 0.2) is 0 Å². The monoisotopic (exact) mass is 430 g/mol. The van der Waals surface area contributed by atoms with E-state index in [9.17, 15) is 18.5 Å². The number of piperazine rings is 1. The second-order valence-electron chi connectivity index (χ2n) is 6.06. The Kier molecular flexibility index (Phi) is 5.57. The van der Waals surface area contributed by atoms with Gasteiger partial charge in [0.05, 0.1) is 19.9 Å². The van der Waals surface area contributed by atoms with Crippen LogP contribution in [0.25, 0.3) is 0 Å². The number of rotatable bonds is 4. The van der Waals surface area contributed by atoms with Crippen LogP contribution in [0.4, 0.5) is 11.5 Å². The van der Waals surface area contributed by atoms with Crippen molar-refractivity contribution >= 4 is 44.7 Å². The third-order valence-corrected chi connectivity index (χ3v) is 6.95. The van der Waals surface area contributed by atoms with Gasteiger partial charge in [-0.2, -0.15) is 4.31 Å². The van der Waals surface area contributed by atoms with E-state index in [1.54, 1.807) is 6.92 Å². The van der Waals surface area contributed by atoms with Crippen molar-refractivity contribution in [3.05, 3.63) is 56.2 Å². The van der Waals surface area contributed by atoms with Crippen LogP contribution >= 0.6 is 23.2 Å². The zero-order valence-electron chi connectivity index (χ0n) is 14.3. The fraction of sp³-hybridized carbons (Fsp3) is 0.312. The van der Waals surface area contributed by atoms with Crippen LogP contribution in [-0.2, 0) is 10.0 Å². The Labute approximate surface area is 166 Å². The molecule has 1 fully saturated rings. The third-order valence-electron chi connectivity index (χ3n) is 4.31. The molecule has 8 nitrogen and oxygen atoms in total. The van der Waals surface area contributed by atoms with Gasteiger partial charge < -0.3 is 4.90 Å². The van der Waals surface area contributed by atoms with Gasteiger partial charge in [0, 0.05) is 32.2 Å². The van der Waals surface area contributed by atoms with Crippen LogP contribution < -0.4 is 4.90 Å². The maximum atomic E-state index is 12.8. The highest BCUT2D eigenvalue weighted by Crippen LogP contribution is 2.28. The molecule has 0 bridgehead atoms. The second-order valence-corrected chi connectivity index (χ2v) is 8.81. The van der Waals surface area contributed by atoms with Gasteiger partial charge in [0.25, 0.3) is 5.69 Å². The summed E-state index contributed by atoms with van der Waals surface area (Å²) in [5.74, 6) is 0.618. The zero-order valence-corrected chi connectivity index (χ0v) is 16.6. The van der Waals surface area contributed by atoms with Crippen LogP contribution in [0.3, 0.4) is 0 Å². The summed E-state index contributed by atoms with van der Waals surface area (Å²) >= 11 is 11.8. The first-order valence-electron chi connectivity index (χ1n) is 8.01. The van der Waals surface area contributed by atoms with Crippen molar-refractivity contribution < 1.29 is 13.3 Å². The highest BCUT2D eigenvalue weighted by Gasteiger charge is 2.30. The van der Waals surface area contributed by atoms with Gasteiger partial charge in [0.1, 0.15) is 12.0 Å². The van der Waals surface area contributed by atoms with Gasteiger partial charge in [0.2, 0.25) is 10.0 Å². The van der Waals surface area contributed by atoms with Crippen molar-refractivity contribution in [1.82, 2.24) is 9.29 Å². The molecule has 1 aromatic heterocycles. The lowest BCUT2D eigenvalue weighted by Gasteiger charge is -2.35. The number of aromatic nitrogens is 1. The Bertz CT molecular complexity index is 992. The largest absolute Gasteiger partial charge is 0.354 e. The summed E-state index contributed by atoms with van der Waals surface area (Å²) in [6.07, 6.45) is 1.21. The van der Waals surface area contributed by atoms with E-state index in [4.69, 9.17) is 23.2 Å². The second kappa shape index (κ2) is 7.59. The van der Waals surface area contributed by atoms with Crippen molar-refractivity contribution in [2.75, 3.05) is 31.1 Å². The van der Waals surface area contributed by atoms with Crippen LogP contribution in [0.5, 0.6) is 0 Å². The van der Waals surface area contributed by atoms with Crippen molar-refractivity contribution in [2.24, 2.45) is 0 Å². The fourth-order valence-electron chi connectivity index (χ4n) is 2.91. The quantitative estimate of drug-likeness (QED) is 0.545. The average molecular weight is 431 g/mol. The van der Waals surface area contributed by atoms with Gasteiger partial charge >= 0.3 is 0 Å². The number of hydrogen-bond acceptors (Lipinski definition) is 6. The number of aryl methyl sites for hydroxylation is 1. The molecule has 0 spiro atoms. The van der Waals surface area contributed by atoms with Crippen molar-refractivity contribution in [1.29, 1.82) is 0 Å². The molecule has 0 radical (unpaired) electrons.